The number of aromatic amines is 1. The van der Waals surface area contributed by atoms with Gasteiger partial charge in [-0.3, -0.25) is 4.79 Å². The van der Waals surface area contributed by atoms with Crippen molar-refractivity contribution in [2.24, 2.45) is 0 Å². The van der Waals surface area contributed by atoms with Crippen molar-refractivity contribution in [2.75, 3.05) is 12.4 Å². The summed E-state index contributed by atoms with van der Waals surface area (Å²) in [4.78, 5) is 25.9. The quantitative estimate of drug-likeness (QED) is 0.788. The highest BCUT2D eigenvalue weighted by Gasteiger charge is 2.16. The van der Waals surface area contributed by atoms with E-state index in [1.807, 2.05) is 0 Å². The number of anilines is 1. The highest BCUT2D eigenvalue weighted by Crippen LogP contribution is 2.18. The van der Waals surface area contributed by atoms with Crippen LogP contribution >= 0.6 is 0 Å². The number of amides is 1. The molecular weight excluding hydrogens is 272 g/mol. The fourth-order valence-electron chi connectivity index (χ4n) is 1.97. The SMILES string of the molecule is COCc1ccc(C(=O)Nc2cc(C)[nH]c2C(=O)O)cc1. The Morgan fingerprint density at radius 1 is 1.29 bits per heavy atom. The molecule has 6 nitrogen and oxygen atoms in total. The van der Waals surface area contributed by atoms with Crippen LogP contribution in [0, 0.1) is 6.92 Å². The smallest absolute Gasteiger partial charge is 0.354 e. The van der Waals surface area contributed by atoms with Gasteiger partial charge in [-0.05, 0) is 30.7 Å². The van der Waals surface area contributed by atoms with Gasteiger partial charge in [-0.1, -0.05) is 12.1 Å². The van der Waals surface area contributed by atoms with Gasteiger partial charge >= 0.3 is 5.97 Å². The second-order valence-electron chi connectivity index (χ2n) is 4.63. The van der Waals surface area contributed by atoms with Crippen LogP contribution < -0.4 is 5.32 Å². The van der Waals surface area contributed by atoms with Crippen molar-refractivity contribution in [3.8, 4) is 0 Å². The highest BCUT2D eigenvalue weighted by molar-refractivity contribution is 6.07. The zero-order valence-electron chi connectivity index (χ0n) is 11.8. The van der Waals surface area contributed by atoms with Crippen molar-refractivity contribution < 1.29 is 19.4 Å². The zero-order chi connectivity index (χ0) is 15.4. The number of benzene rings is 1. The zero-order valence-corrected chi connectivity index (χ0v) is 11.8. The van der Waals surface area contributed by atoms with E-state index in [1.54, 1.807) is 44.4 Å². The lowest BCUT2D eigenvalue weighted by Crippen LogP contribution is -2.14. The molecule has 0 saturated heterocycles. The summed E-state index contributed by atoms with van der Waals surface area (Å²) in [6, 6.07) is 8.51. The van der Waals surface area contributed by atoms with E-state index in [0.717, 1.165) is 5.56 Å². The molecule has 0 unspecified atom stereocenters. The fourth-order valence-corrected chi connectivity index (χ4v) is 1.97. The number of nitrogens with one attached hydrogen (secondary N) is 2. The Morgan fingerprint density at radius 2 is 1.95 bits per heavy atom. The predicted molar refractivity (Wildman–Crippen MR) is 77.6 cm³/mol. The van der Waals surface area contributed by atoms with Gasteiger partial charge in [0.25, 0.3) is 5.91 Å². The van der Waals surface area contributed by atoms with E-state index in [4.69, 9.17) is 9.84 Å². The summed E-state index contributed by atoms with van der Waals surface area (Å²) in [7, 11) is 1.60. The summed E-state index contributed by atoms with van der Waals surface area (Å²) in [6.07, 6.45) is 0. The molecule has 6 heteroatoms. The van der Waals surface area contributed by atoms with Gasteiger partial charge < -0.3 is 20.1 Å². The predicted octanol–water partition coefficient (Wildman–Crippen LogP) is 2.42. The third-order valence-electron chi connectivity index (χ3n) is 2.94. The van der Waals surface area contributed by atoms with Gasteiger partial charge in [-0.2, -0.15) is 0 Å². The van der Waals surface area contributed by atoms with Crippen LogP contribution in [-0.4, -0.2) is 29.1 Å². The van der Waals surface area contributed by atoms with Crippen LogP contribution in [-0.2, 0) is 11.3 Å². The van der Waals surface area contributed by atoms with E-state index in [-0.39, 0.29) is 17.3 Å². The summed E-state index contributed by atoms with van der Waals surface area (Å²) >= 11 is 0. The summed E-state index contributed by atoms with van der Waals surface area (Å²) in [5, 5.41) is 11.7. The Morgan fingerprint density at radius 3 is 2.52 bits per heavy atom. The van der Waals surface area contributed by atoms with Gasteiger partial charge in [0.05, 0.1) is 12.3 Å². The Labute approximate surface area is 121 Å². The lowest BCUT2D eigenvalue weighted by Gasteiger charge is -2.05. The van der Waals surface area contributed by atoms with Crippen molar-refractivity contribution in [2.45, 2.75) is 13.5 Å². The van der Waals surface area contributed by atoms with Gasteiger partial charge in [-0.25, -0.2) is 4.79 Å². The number of H-pyrrole nitrogens is 1. The van der Waals surface area contributed by atoms with E-state index in [1.165, 1.54) is 0 Å². The molecule has 1 amide bonds. The minimum Gasteiger partial charge on any atom is -0.477 e. The second kappa shape index (κ2) is 6.23. The number of aryl methyl sites for hydroxylation is 1. The molecule has 2 aromatic rings. The summed E-state index contributed by atoms with van der Waals surface area (Å²) in [6.45, 7) is 2.20. The molecule has 3 N–H and O–H groups in total. The van der Waals surface area contributed by atoms with E-state index in [0.29, 0.717) is 17.9 Å². The van der Waals surface area contributed by atoms with Crippen molar-refractivity contribution >= 4 is 17.6 Å². The molecule has 0 radical (unpaired) electrons. The number of aromatic nitrogens is 1. The van der Waals surface area contributed by atoms with Crippen molar-refractivity contribution in [1.82, 2.24) is 4.98 Å². The standard InChI is InChI=1S/C15H16N2O4/c1-9-7-12(13(16-9)15(19)20)17-14(18)11-5-3-10(4-6-11)8-21-2/h3-7,16H,8H2,1-2H3,(H,17,18)(H,19,20). The molecule has 21 heavy (non-hydrogen) atoms. The topological polar surface area (TPSA) is 91.4 Å². The number of aromatic carboxylic acids is 1. The van der Waals surface area contributed by atoms with Gasteiger partial charge in [0, 0.05) is 18.4 Å². The summed E-state index contributed by atoms with van der Waals surface area (Å²) in [5.41, 5.74) is 2.30. The molecular formula is C15H16N2O4. The number of carbonyl (C=O) groups excluding carboxylic acids is 1. The van der Waals surface area contributed by atoms with E-state index in [2.05, 4.69) is 10.3 Å². The number of rotatable bonds is 5. The van der Waals surface area contributed by atoms with E-state index >= 15 is 0 Å². The average molecular weight is 288 g/mol. The number of hydrogen-bond acceptors (Lipinski definition) is 3. The number of carboxylic acids is 1. The number of carbonyl (C=O) groups is 2. The Bertz CT molecular complexity index is 659. The third kappa shape index (κ3) is 3.49. The lowest BCUT2D eigenvalue weighted by atomic mass is 10.1. The van der Waals surface area contributed by atoms with Crippen LogP contribution in [0.15, 0.2) is 30.3 Å². The molecule has 0 aliphatic rings. The monoisotopic (exact) mass is 288 g/mol. The first-order valence-electron chi connectivity index (χ1n) is 6.33. The average Bonchev–Trinajstić information content (AvgIpc) is 2.81. The van der Waals surface area contributed by atoms with Crippen LogP contribution in [0.1, 0.15) is 32.1 Å². The van der Waals surface area contributed by atoms with Crippen molar-refractivity contribution in [3.63, 3.8) is 0 Å². The summed E-state index contributed by atoms with van der Waals surface area (Å²) in [5.74, 6) is -1.48. The minimum absolute atomic E-state index is 0.0307. The first-order valence-corrected chi connectivity index (χ1v) is 6.33. The molecule has 1 heterocycles. The maximum atomic E-state index is 12.1. The van der Waals surface area contributed by atoms with Crippen LogP contribution in [0.5, 0.6) is 0 Å². The van der Waals surface area contributed by atoms with Crippen LogP contribution in [0.3, 0.4) is 0 Å². The molecule has 2 rings (SSSR count). The second-order valence-corrected chi connectivity index (χ2v) is 4.63. The Balaban J connectivity index is 2.16. The third-order valence-corrected chi connectivity index (χ3v) is 2.94. The number of methoxy groups -OCH3 is 1. The molecule has 1 aromatic heterocycles. The van der Waals surface area contributed by atoms with Gasteiger partial charge in [-0.15, -0.1) is 0 Å². The number of hydrogen-bond donors (Lipinski definition) is 3. The van der Waals surface area contributed by atoms with Crippen LogP contribution in [0.25, 0.3) is 0 Å². The van der Waals surface area contributed by atoms with Crippen LogP contribution in [0.2, 0.25) is 0 Å². The van der Waals surface area contributed by atoms with Gasteiger partial charge in [0.2, 0.25) is 0 Å². The molecule has 0 aliphatic heterocycles. The molecule has 0 fully saturated rings. The molecule has 0 atom stereocenters. The molecule has 110 valence electrons. The highest BCUT2D eigenvalue weighted by atomic mass is 16.5. The normalized spacial score (nSPS) is 10.4. The Hall–Kier alpha value is -2.60. The maximum absolute atomic E-state index is 12.1. The molecule has 0 spiro atoms. The molecule has 0 bridgehead atoms. The molecule has 0 saturated carbocycles. The van der Waals surface area contributed by atoms with Crippen LogP contribution in [0.4, 0.5) is 5.69 Å². The first kappa shape index (κ1) is 14.8. The minimum atomic E-state index is -1.12. The largest absolute Gasteiger partial charge is 0.477 e. The van der Waals surface area contributed by atoms with E-state index < -0.39 is 5.97 Å². The van der Waals surface area contributed by atoms with E-state index in [9.17, 15) is 9.59 Å². The fraction of sp³-hybridized carbons (Fsp3) is 0.200. The molecule has 1 aromatic carbocycles. The van der Waals surface area contributed by atoms with Crippen molar-refractivity contribution in [3.05, 3.63) is 52.8 Å². The molecule has 0 aliphatic carbocycles. The Kier molecular flexibility index (Phi) is 4.39. The lowest BCUT2D eigenvalue weighted by molar-refractivity contribution is 0.0692. The van der Waals surface area contributed by atoms with Gasteiger partial charge in [0.15, 0.2) is 0 Å². The van der Waals surface area contributed by atoms with Gasteiger partial charge in [0.1, 0.15) is 5.69 Å². The first-order chi connectivity index (χ1) is 10.0. The van der Waals surface area contributed by atoms with Crippen molar-refractivity contribution in [1.29, 1.82) is 0 Å². The number of carboxylic acid groups (broad SMARTS) is 1. The maximum Gasteiger partial charge on any atom is 0.354 e. The number of ether oxygens (including phenoxy) is 1. The summed E-state index contributed by atoms with van der Waals surface area (Å²) < 4.78 is 5.00.